The lowest BCUT2D eigenvalue weighted by atomic mass is 10.00. The van der Waals surface area contributed by atoms with Gasteiger partial charge in [0.1, 0.15) is 11.9 Å². The molecule has 4 heteroatoms. The molecule has 17 heavy (non-hydrogen) atoms. The van der Waals surface area contributed by atoms with Crippen molar-refractivity contribution in [3.63, 3.8) is 0 Å². The minimum absolute atomic E-state index is 0.0392. The number of morpholine rings is 1. The average molecular weight is 235 g/mol. The second-order valence-electron chi connectivity index (χ2n) is 4.11. The van der Waals surface area contributed by atoms with Crippen LogP contribution in [0.25, 0.3) is 0 Å². The average Bonchev–Trinajstić information content (AvgIpc) is 2.39. The Morgan fingerprint density at radius 3 is 2.94 bits per heavy atom. The van der Waals surface area contributed by atoms with Gasteiger partial charge in [-0.3, -0.25) is 4.79 Å². The molecular formula is C13H17NO3. The molecule has 0 amide bonds. The van der Waals surface area contributed by atoms with E-state index >= 15 is 0 Å². The highest BCUT2D eigenvalue weighted by Crippen LogP contribution is 2.19. The monoisotopic (exact) mass is 235 g/mol. The Labute approximate surface area is 101 Å². The smallest absolute Gasteiger partial charge is 0.193 e. The Bertz CT molecular complexity index is 411. The fourth-order valence-corrected chi connectivity index (χ4v) is 1.95. The van der Waals surface area contributed by atoms with Crippen molar-refractivity contribution < 1.29 is 14.3 Å². The minimum atomic E-state index is -0.365. The molecule has 0 saturated carbocycles. The van der Waals surface area contributed by atoms with Gasteiger partial charge in [0, 0.05) is 18.7 Å². The van der Waals surface area contributed by atoms with Crippen LogP contribution in [0.5, 0.6) is 5.75 Å². The van der Waals surface area contributed by atoms with Crippen molar-refractivity contribution in [2.75, 3.05) is 26.8 Å². The maximum absolute atomic E-state index is 12.2. The van der Waals surface area contributed by atoms with E-state index in [-0.39, 0.29) is 11.9 Å². The van der Waals surface area contributed by atoms with Gasteiger partial charge in [-0.2, -0.15) is 0 Å². The van der Waals surface area contributed by atoms with Gasteiger partial charge in [0.05, 0.1) is 13.7 Å². The summed E-state index contributed by atoms with van der Waals surface area (Å²) in [5.74, 6) is 0.805. The summed E-state index contributed by atoms with van der Waals surface area (Å²) in [7, 11) is 1.62. The molecule has 1 saturated heterocycles. The molecule has 0 radical (unpaired) electrons. The molecule has 0 aliphatic carbocycles. The number of nitrogens with one attached hydrogen (secondary N) is 1. The number of Topliss-reactive ketones (excluding diaryl/α,β-unsaturated/α-hetero) is 1. The molecule has 1 aromatic carbocycles. The van der Waals surface area contributed by atoms with Crippen LogP contribution in [-0.4, -0.2) is 38.7 Å². The molecule has 2 rings (SSSR count). The predicted octanol–water partition coefficient (Wildman–Crippen LogP) is 1.17. The third kappa shape index (κ3) is 2.65. The van der Waals surface area contributed by atoms with Crippen molar-refractivity contribution in [1.29, 1.82) is 0 Å². The first-order valence-corrected chi connectivity index (χ1v) is 5.73. The lowest BCUT2D eigenvalue weighted by Gasteiger charge is -2.23. The summed E-state index contributed by atoms with van der Waals surface area (Å²) < 4.78 is 10.6. The first kappa shape index (κ1) is 12.1. The molecule has 0 bridgehead atoms. The van der Waals surface area contributed by atoms with Crippen LogP contribution in [0, 0.1) is 6.92 Å². The number of carbonyl (C=O) groups is 1. The van der Waals surface area contributed by atoms with E-state index in [0.717, 1.165) is 17.9 Å². The van der Waals surface area contributed by atoms with Crippen molar-refractivity contribution >= 4 is 5.78 Å². The summed E-state index contributed by atoms with van der Waals surface area (Å²) in [5, 5.41) is 3.16. The number of benzene rings is 1. The van der Waals surface area contributed by atoms with Gasteiger partial charge in [0.25, 0.3) is 0 Å². The molecule has 1 unspecified atom stereocenters. The molecular weight excluding hydrogens is 218 g/mol. The zero-order valence-electron chi connectivity index (χ0n) is 10.2. The van der Waals surface area contributed by atoms with Crippen molar-refractivity contribution in [1.82, 2.24) is 5.32 Å². The van der Waals surface area contributed by atoms with Crippen molar-refractivity contribution in [3.8, 4) is 5.75 Å². The lowest BCUT2D eigenvalue weighted by molar-refractivity contribution is 0.0269. The standard InChI is InChI=1S/C13H17NO3/c1-9-7-10(16-2)3-4-11(9)13(15)12-8-14-5-6-17-12/h3-4,7,12,14H,5-6,8H2,1-2H3. The highest BCUT2D eigenvalue weighted by molar-refractivity contribution is 6.01. The number of methoxy groups -OCH3 is 1. The molecule has 1 heterocycles. The van der Waals surface area contributed by atoms with Crippen molar-refractivity contribution in [2.45, 2.75) is 13.0 Å². The molecule has 1 aromatic rings. The molecule has 1 atom stereocenters. The summed E-state index contributed by atoms with van der Waals surface area (Å²) in [6, 6.07) is 5.47. The SMILES string of the molecule is COc1ccc(C(=O)C2CNCCO2)c(C)c1. The van der Waals surface area contributed by atoms with Crippen molar-refractivity contribution in [2.24, 2.45) is 0 Å². The van der Waals surface area contributed by atoms with Crippen LogP contribution in [0.1, 0.15) is 15.9 Å². The van der Waals surface area contributed by atoms with Gasteiger partial charge in [-0.15, -0.1) is 0 Å². The van der Waals surface area contributed by atoms with Crippen LogP contribution >= 0.6 is 0 Å². The van der Waals surface area contributed by atoms with Gasteiger partial charge in [-0.05, 0) is 30.7 Å². The summed E-state index contributed by atoms with van der Waals surface area (Å²) in [6.07, 6.45) is -0.365. The molecule has 0 aromatic heterocycles. The van der Waals surface area contributed by atoms with Crippen LogP contribution in [0.4, 0.5) is 0 Å². The van der Waals surface area contributed by atoms with E-state index in [0.29, 0.717) is 18.7 Å². The summed E-state index contributed by atoms with van der Waals surface area (Å²) in [6.45, 7) is 3.90. The Balaban J connectivity index is 2.18. The molecule has 4 nitrogen and oxygen atoms in total. The fraction of sp³-hybridized carbons (Fsp3) is 0.462. The largest absolute Gasteiger partial charge is 0.497 e. The maximum atomic E-state index is 12.2. The number of rotatable bonds is 3. The topological polar surface area (TPSA) is 47.6 Å². The highest BCUT2D eigenvalue weighted by atomic mass is 16.5. The van der Waals surface area contributed by atoms with E-state index < -0.39 is 0 Å². The molecule has 1 N–H and O–H groups in total. The second kappa shape index (κ2) is 5.29. The second-order valence-corrected chi connectivity index (χ2v) is 4.11. The van der Waals surface area contributed by atoms with Crippen LogP contribution in [0.15, 0.2) is 18.2 Å². The van der Waals surface area contributed by atoms with Gasteiger partial charge >= 0.3 is 0 Å². The van der Waals surface area contributed by atoms with Crippen LogP contribution in [0.2, 0.25) is 0 Å². The molecule has 92 valence electrons. The van der Waals surface area contributed by atoms with Crippen LogP contribution in [-0.2, 0) is 4.74 Å². The Hall–Kier alpha value is -1.39. The third-order valence-electron chi connectivity index (χ3n) is 2.92. The number of carbonyl (C=O) groups excluding carboxylic acids is 1. The fourth-order valence-electron chi connectivity index (χ4n) is 1.95. The first-order chi connectivity index (χ1) is 8.22. The van der Waals surface area contributed by atoms with Gasteiger partial charge in [0.2, 0.25) is 0 Å². The number of ketones is 1. The Morgan fingerprint density at radius 2 is 2.35 bits per heavy atom. The zero-order chi connectivity index (χ0) is 12.3. The van der Waals surface area contributed by atoms with E-state index in [2.05, 4.69) is 5.32 Å². The van der Waals surface area contributed by atoms with Gasteiger partial charge in [0.15, 0.2) is 5.78 Å². The van der Waals surface area contributed by atoms with E-state index in [9.17, 15) is 4.79 Å². The van der Waals surface area contributed by atoms with Gasteiger partial charge in [-0.25, -0.2) is 0 Å². The van der Waals surface area contributed by atoms with E-state index in [4.69, 9.17) is 9.47 Å². The van der Waals surface area contributed by atoms with Gasteiger partial charge < -0.3 is 14.8 Å². The summed E-state index contributed by atoms with van der Waals surface area (Å²) in [4.78, 5) is 12.2. The van der Waals surface area contributed by atoms with E-state index in [1.165, 1.54) is 0 Å². The van der Waals surface area contributed by atoms with E-state index in [1.54, 1.807) is 19.2 Å². The molecule has 1 aliphatic rings. The van der Waals surface area contributed by atoms with Gasteiger partial charge in [-0.1, -0.05) is 0 Å². The quantitative estimate of drug-likeness (QED) is 0.799. The molecule has 0 spiro atoms. The number of hydrogen-bond acceptors (Lipinski definition) is 4. The Kier molecular flexibility index (Phi) is 3.76. The van der Waals surface area contributed by atoms with E-state index in [1.807, 2.05) is 13.0 Å². The highest BCUT2D eigenvalue weighted by Gasteiger charge is 2.24. The zero-order valence-corrected chi connectivity index (χ0v) is 10.2. The lowest BCUT2D eigenvalue weighted by Crippen LogP contribution is -2.43. The summed E-state index contributed by atoms with van der Waals surface area (Å²) in [5.41, 5.74) is 1.63. The number of ether oxygens (including phenoxy) is 2. The molecule has 1 fully saturated rings. The van der Waals surface area contributed by atoms with Crippen LogP contribution in [0.3, 0.4) is 0 Å². The molecule has 1 aliphatic heterocycles. The predicted molar refractivity (Wildman–Crippen MR) is 64.7 cm³/mol. The summed E-state index contributed by atoms with van der Waals surface area (Å²) >= 11 is 0. The number of hydrogen-bond donors (Lipinski definition) is 1. The first-order valence-electron chi connectivity index (χ1n) is 5.73. The van der Waals surface area contributed by atoms with Crippen LogP contribution < -0.4 is 10.1 Å². The normalized spacial score (nSPS) is 20.0. The minimum Gasteiger partial charge on any atom is -0.497 e. The number of aryl methyl sites for hydroxylation is 1. The third-order valence-corrected chi connectivity index (χ3v) is 2.92. The Morgan fingerprint density at radius 1 is 1.53 bits per heavy atom. The van der Waals surface area contributed by atoms with Crippen molar-refractivity contribution in [3.05, 3.63) is 29.3 Å². The maximum Gasteiger partial charge on any atom is 0.193 e.